The molecule has 5 heteroatoms. The Morgan fingerprint density at radius 2 is 0.923 bits per heavy atom. The van der Waals surface area contributed by atoms with Crippen molar-refractivity contribution in [3.8, 4) is 0 Å². The maximum atomic E-state index is 5.45. The average molecular weight is 407 g/mol. The zero-order chi connectivity index (χ0) is 19.3. The summed E-state index contributed by atoms with van der Waals surface area (Å²) in [7, 11) is 2.73. The lowest BCUT2D eigenvalue weighted by Gasteiger charge is -2.23. The van der Waals surface area contributed by atoms with Crippen molar-refractivity contribution in [2.75, 3.05) is 32.8 Å². The van der Waals surface area contributed by atoms with Crippen LogP contribution in [-0.2, 0) is 13.3 Å². The Morgan fingerprint density at radius 1 is 0.538 bits per heavy atom. The first-order chi connectivity index (χ1) is 12.7. The molecule has 0 bridgehead atoms. The van der Waals surface area contributed by atoms with E-state index in [0.717, 1.165) is 11.8 Å². The molecule has 0 aromatic carbocycles. The van der Waals surface area contributed by atoms with Crippen LogP contribution in [0.4, 0.5) is 0 Å². The lowest BCUT2D eigenvalue weighted by Crippen LogP contribution is -2.43. The molecule has 0 saturated heterocycles. The van der Waals surface area contributed by atoms with E-state index in [0.29, 0.717) is 0 Å². The fourth-order valence-corrected chi connectivity index (χ4v) is 6.56. The normalized spacial score (nSPS) is 12.0. The van der Waals surface area contributed by atoms with Crippen LogP contribution in [-0.4, -0.2) is 41.6 Å². The van der Waals surface area contributed by atoms with Crippen LogP contribution in [0.3, 0.4) is 0 Å². The van der Waals surface area contributed by atoms with Gasteiger partial charge in [0.1, 0.15) is 0 Å². The zero-order valence-electron chi connectivity index (χ0n) is 18.2. The molecule has 0 atom stereocenters. The molecule has 0 unspecified atom stereocenters. The van der Waals surface area contributed by atoms with Gasteiger partial charge in [-0.1, -0.05) is 90.4 Å². The van der Waals surface area contributed by atoms with Crippen LogP contribution >= 0.6 is 11.8 Å². The van der Waals surface area contributed by atoms with E-state index in [1.54, 1.807) is 21.3 Å². The van der Waals surface area contributed by atoms with Crippen molar-refractivity contribution in [1.29, 1.82) is 0 Å². The topological polar surface area (TPSA) is 27.7 Å². The molecule has 158 valence electrons. The summed E-state index contributed by atoms with van der Waals surface area (Å²) in [6, 6.07) is 0.903. The van der Waals surface area contributed by atoms with Crippen molar-refractivity contribution in [3.05, 3.63) is 0 Å². The van der Waals surface area contributed by atoms with Crippen LogP contribution in [0.1, 0.15) is 96.8 Å². The molecule has 0 aromatic rings. The second-order valence-electron chi connectivity index (χ2n) is 7.25. The molecule has 26 heavy (non-hydrogen) atoms. The summed E-state index contributed by atoms with van der Waals surface area (Å²) >= 11 is 2.01. The van der Waals surface area contributed by atoms with Gasteiger partial charge in [-0.3, -0.25) is 0 Å². The van der Waals surface area contributed by atoms with E-state index < -0.39 is 8.80 Å². The first-order valence-corrected chi connectivity index (χ1v) is 14.1. The maximum Gasteiger partial charge on any atom is 0.500 e. The predicted molar refractivity (Wildman–Crippen MR) is 119 cm³/mol. The highest BCUT2D eigenvalue weighted by Gasteiger charge is 2.36. The van der Waals surface area contributed by atoms with E-state index >= 15 is 0 Å². The Balaban J connectivity index is 3.20. The fourth-order valence-electron chi connectivity index (χ4n) is 3.25. The van der Waals surface area contributed by atoms with Gasteiger partial charge in [-0.25, -0.2) is 0 Å². The van der Waals surface area contributed by atoms with E-state index in [-0.39, 0.29) is 0 Å². The molecule has 0 aliphatic heterocycles. The lowest BCUT2D eigenvalue weighted by molar-refractivity contribution is 0.125. The first-order valence-electron chi connectivity index (χ1n) is 11.0. The monoisotopic (exact) mass is 406 g/mol. The van der Waals surface area contributed by atoms with Crippen LogP contribution < -0.4 is 0 Å². The number of unbranched alkanes of at least 4 members (excludes halogenated alkanes) is 13. The van der Waals surface area contributed by atoms with Crippen LogP contribution in [0.25, 0.3) is 0 Å². The summed E-state index contributed by atoms with van der Waals surface area (Å²) in [6.07, 6.45) is 19.9. The van der Waals surface area contributed by atoms with Crippen LogP contribution in [0.15, 0.2) is 0 Å². The van der Waals surface area contributed by atoms with E-state index in [1.807, 2.05) is 11.8 Å². The van der Waals surface area contributed by atoms with Gasteiger partial charge >= 0.3 is 8.80 Å². The van der Waals surface area contributed by atoms with Crippen LogP contribution in [0, 0.1) is 0 Å². The van der Waals surface area contributed by atoms with Gasteiger partial charge in [0.15, 0.2) is 0 Å². The lowest BCUT2D eigenvalue weighted by atomic mass is 10.0. The van der Waals surface area contributed by atoms with Crippen molar-refractivity contribution in [2.45, 2.75) is 103 Å². The van der Waals surface area contributed by atoms with Gasteiger partial charge in [0.25, 0.3) is 0 Å². The minimum absolute atomic E-state index is 0.903. The van der Waals surface area contributed by atoms with E-state index in [1.165, 1.54) is 95.6 Å². The van der Waals surface area contributed by atoms with Gasteiger partial charge in [-0.15, -0.1) is 0 Å². The summed E-state index contributed by atoms with van der Waals surface area (Å²) in [5, 5.41) is 0. The van der Waals surface area contributed by atoms with Crippen molar-refractivity contribution < 1.29 is 13.3 Å². The Kier molecular flexibility index (Phi) is 20.5. The molecule has 0 aromatic heterocycles. The second-order valence-corrected chi connectivity index (χ2v) is 11.6. The summed E-state index contributed by atoms with van der Waals surface area (Å²) in [4.78, 5) is 0. The third-order valence-corrected chi connectivity index (χ3v) is 9.29. The molecule has 0 aliphatic rings. The minimum Gasteiger partial charge on any atom is -0.377 e. The van der Waals surface area contributed by atoms with Crippen molar-refractivity contribution in [3.63, 3.8) is 0 Å². The summed E-state index contributed by atoms with van der Waals surface area (Å²) in [6.45, 7) is 2.29. The van der Waals surface area contributed by atoms with E-state index in [9.17, 15) is 0 Å². The highest BCUT2D eigenvalue weighted by atomic mass is 32.2. The van der Waals surface area contributed by atoms with Gasteiger partial charge in [-0.2, -0.15) is 11.8 Å². The second kappa shape index (κ2) is 20.2. The molecule has 0 amide bonds. The van der Waals surface area contributed by atoms with Gasteiger partial charge in [0.05, 0.1) is 0 Å². The molecular formula is C21H46O3SSi. The maximum absolute atomic E-state index is 5.45. The molecule has 0 radical (unpaired) electrons. The average Bonchev–Trinajstić information content (AvgIpc) is 2.68. The van der Waals surface area contributed by atoms with E-state index in [2.05, 4.69) is 6.92 Å². The van der Waals surface area contributed by atoms with Gasteiger partial charge in [0, 0.05) is 27.4 Å². The molecule has 0 heterocycles. The van der Waals surface area contributed by atoms with Crippen molar-refractivity contribution in [1.82, 2.24) is 0 Å². The van der Waals surface area contributed by atoms with Gasteiger partial charge < -0.3 is 13.3 Å². The third-order valence-electron chi connectivity index (χ3n) is 5.13. The van der Waals surface area contributed by atoms with E-state index in [4.69, 9.17) is 13.3 Å². The molecular weight excluding hydrogens is 360 g/mol. The molecule has 0 N–H and O–H groups in total. The highest BCUT2D eigenvalue weighted by molar-refractivity contribution is 7.99. The number of rotatable bonds is 21. The molecule has 0 spiro atoms. The largest absolute Gasteiger partial charge is 0.500 e. The summed E-state index contributed by atoms with van der Waals surface area (Å²) in [5.74, 6) is 2.32. The molecule has 3 nitrogen and oxygen atoms in total. The minimum atomic E-state index is -2.35. The molecule has 0 fully saturated rings. The highest BCUT2D eigenvalue weighted by Crippen LogP contribution is 2.18. The van der Waals surface area contributed by atoms with Crippen LogP contribution in [0.5, 0.6) is 0 Å². The van der Waals surface area contributed by atoms with Crippen molar-refractivity contribution in [2.24, 2.45) is 0 Å². The smallest absolute Gasteiger partial charge is 0.377 e. The summed E-state index contributed by atoms with van der Waals surface area (Å²) in [5.41, 5.74) is 0. The standard InChI is InChI=1S/C21H46O3SSi/c1-5-6-7-8-9-10-11-12-13-14-15-16-17-18-19-25-20-21-26(22-2,23-3)24-4/h5-21H2,1-4H3. The number of thioether (sulfide) groups is 1. The summed E-state index contributed by atoms with van der Waals surface area (Å²) < 4.78 is 16.3. The quantitative estimate of drug-likeness (QED) is 0.150. The zero-order valence-corrected chi connectivity index (χ0v) is 20.0. The Morgan fingerprint density at radius 3 is 1.31 bits per heavy atom. The SMILES string of the molecule is CCCCCCCCCCCCCCCCSCC[Si](OC)(OC)OC. The van der Waals surface area contributed by atoms with Gasteiger partial charge in [-0.05, 0) is 17.9 Å². The number of hydrogen-bond donors (Lipinski definition) is 0. The van der Waals surface area contributed by atoms with Crippen molar-refractivity contribution >= 4 is 20.6 Å². The van der Waals surface area contributed by atoms with Gasteiger partial charge in [0.2, 0.25) is 0 Å². The fraction of sp³-hybridized carbons (Fsp3) is 1.00. The molecule has 0 saturated carbocycles. The predicted octanol–water partition coefficient (Wildman–Crippen LogP) is 7.08. The molecule has 0 aliphatic carbocycles. The Bertz CT molecular complexity index is 268. The first kappa shape index (κ1) is 26.4. The Labute approximate surface area is 169 Å². The number of hydrogen-bond acceptors (Lipinski definition) is 4. The van der Waals surface area contributed by atoms with Crippen LogP contribution in [0.2, 0.25) is 6.04 Å². The third kappa shape index (κ3) is 15.5. The molecule has 0 rings (SSSR count). The Hall–Kier alpha value is 0.447.